The van der Waals surface area contributed by atoms with Gasteiger partial charge in [-0.3, -0.25) is 9.48 Å². The smallest absolute Gasteiger partial charge is 0.416 e. The number of hydrogen-bond donors (Lipinski definition) is 2. The van der Waals surface area contributed by atoms with Gasteiger partial charge in [0.15, 0.2) is 0 Å². The van der Waals surface area contributed by atoms with E-state index in [0.717, 1.165) is 18.6 Å². The van der Waals surface area contributed by atoms with E-state index in [1.165, 1.54) is 16.9 Å². The van der Waals surface area contributed by atoms with Gasteiger partial charge in [0.05, 0.1) is 24.3 Å². The fourth-order valence-corrected chi connectivity index (χ4v) is 6.81. The second-order valence-corrected chi connectivity index (χ2v) is 12.3. The Morgan fingerprint density at radius 2 is 2.00 bits per heavy atom. The third-order valence-electron chi connectivity index (χ3n) is 8.50. The van der Waals surface area contributed by atoms with E-state index in [9.17, 15) is 22.8 Å². The van der Waals surface area contributed by atoms with Gasteiger partial charge in [0.25, 0.3) is 5.91 Å². The molecular formula is C28H32F3N7O3. The van der Waals surface area contributed by atoms with Crippen LogP contribution in [0.4, 0.5) is 23.8 Å². The van der Waals surface area contributed by atoms with Crippen molar-refractivity contribution in [1.82, 2.24) is 24.5 Å². The summed E-state index contributed by atoms with van der Waals surface area (Å²) in [6, 6.07) is 5.11. The minimum absolute atomic E-state index is 0.0373. The normalized spacial score (nSPS) is 24.9. The van der Waals surface area contributed by atoms with Gasteiger partial charge in [0.2, 0.25) is 0 Å². The fraction of sp³-hybridized carbons (Fsp3) is 0.500. The number of rotatable bonds is 6. The van der Waals surface area contributed by atoms with Gasteiger partial charge in [0.1, 0.15) is 22.7 Å². The van der Waals surface area contributed by atoms with E-state index in [2.05, 4.69) is 10.4 Å². The van der Waals surface area contributed by atoms with Crippen molar-refractivity contribution in [3.63, 3.8) is 0 Å². The molecule has 0 radical (unpaired) electrons. The van der Waals surface area contributed by atoms with Crippen molar-refractivity contribution in [1.29, 1.82) is 0 Å². The molecule has 2 aromatic heterocycles. The van der Waals surface area contributed by atoms with Crippen molar-refractivity contribution in [2.24, 2.45) is 23.0 Å². The van der Waals surface area contributed by atoms with E-state index in [4.69, 9.17) is 15.6 Å². The summed E-state index contributed by atoms with van der Waals surface area (Å²) in [5.74, 6) is 0.518. The third kappa shape index (κ3) is 4.51. The number of alkyl halides is 3. The summed E-state index contributed by atoms with van der Waals surface area (Å²) in [7, 11) is 1.70. The number of carbonyl (C=O) groups is 2. The van der Waals surface area contributed by atoms with E-state index in [1.807, 2.05) is 25.5 Å². The van der Waals surface area contributed by atoms with Crippen LogP contribution < -0.4 is 11.1 Å². The number of amides is 2. The largest absolute Gasteiger partial charge is 0.444 e. The molecule has 2 saturated carbocycles. The van der Waals surface area contributed by atoms with Crippen molar-refractivity contribution in [3.8, 4) is 11.3 Å². The molecular weight excluding hydrogens is 539 g/mol. The lowest BCUT2D eigenvalue weighted by molar-refractivity contribution is -0.137. The van der Waals surface area contributed by atoms with Crippen molar-refractivity contribution < 1.29 is 27.5 Å². The average Bonchev–Trinajstić information content (AvgIpc) is 3.38. The number of piperidine rings is 1. The Hall–Kier alpha value is -4.03. The van der Waals surface area contributed by atoms with Crippen LogP contribution in [-0.2, 0) is 17.5 Å². The Bertz CT molecular complexity index is 1540. The summed E-state index contributed by atoms with van der Waals surface area (Å²) in [6.07, 6.45) is -0.752. The number of halogens is 3. The molecule has 2 aliphatic carbocycles. The van der Waals surface area contributed by atoms with Crippen molar-refractivity contribution in [2.75, 3.05) is 25.5 Å². The lowest BCUT2D eigenvalue weighted by atomic mass is 9.80. The molecule has 3 fully saturated rings. The molecule has 4 atom stereocenters. The van der Waals surface area contributed by atoms with Crippen LogP contribution >= 0.6 is 0 Å². The topological polar surface area (TPSA) is 120 Å². The van der Waals surface area contributed by atoms with Crippen molar-refractivity contribution >= 4 is 17.8 Å². The van der Waals surface area contributed by atoms with Crippen LogP contribution in [0.5, 0.6) is 0 Å². The molecule has 1 saturated heterocycles. The average molecular weight is 572 g/mol. The minimum atomic E-state index is -4.44. The van der Waals surface area contributed by atoms with E-state index >= 15 is 0 Å². The summed E-state index contributed by atoms with van der Waals surface area (Å²) >= 11 is 0. The quantitative estimate of drug-likeness (QED) is 0.453. The van der Waals surface area contributed by atoms with Gasteiger partial charge in [-0.1, -0.05) is 12.1 Å². The van der Waals surface area contributed by atoms with Crippen LogP contribution in [0.2, 0.25) is 0 Å². The first-order valence-corrected chi connectivity index (χ1v) is 13.5. The Morgan fingerprint density at radius 1 is 1.24 bits per heavy atom. The molecule has 1 unspecified atom stereocenters. The van der Waals surface area contributed by atoms with E-state index in [0.29, 0.717) is 47.6 Å². The molecule has 10 nitrogen and oxygen atoms in total. The maximum Gasteiger partial charge on any atom is 0.416 e. The van der Waals surface area contributed by atoms with Crippen LogP contribution in [0, 0.1) is 17.3 Å². The van der Waals surface area contributed by atoms with Gasteiger partial charge in [-0.2, -0.15) is 23.4 Å². The SMILES string of the molecule is CNc1c(C(N)=O)c(-c2cnn(Cc3cccc(C(F)(F)F)c3)c2)nn1[C@@H]1C[C@]23CN(C(=O)OC(C)(C)C)CC2[C@H]13. The molecule has 0 bridgehead atoms. The second kappa shape index (κ2) is 8.98. The summed E-state index contributed by atoms with van der Waals surface area (Å²) in [5, 5.41) is 12.2. The van der Waals surface area contributed by atoms with Gasteiger partial charge in [-0.25, -0.2) is 9.48 Å². The lowest BCUT2D eigenvalue weighted by Gasteiger charge is -2.37. The number of aromatic nitrogens is 4. The van der Waals surface area contributed by atoms with Gasteiger partial charge in [-0.05, 0) is 56.7 Å². The van der Waals surface area contributed by atoms with E-state index in [1.54, 1.807) is 24.2 Å². The number of nitrogens with two attached hydrogens (primary N) is 1. The number of ether oxygens (including phenoxy) is 1. The number of hydrogen-bond acceptors (Lipinski definition) is 6. The maximum atomic E-state index is 13.1. The summed E-state index contributed by atoms with van der Waals surface area (Å²) in [4.78, 5) is 27.0. The number of anilines is 1. The highest BCUT2D eigenvalue weighted by atomic mass is 19.4. The molecule has 2 amide bonds. The molecule has 1 spiro atoms. The van der Waals surface area contributed by atoms with Crippen LogP contribution in [0.1, 0.15) is 54.7 Å². The van der Waals surface area contributed by atoms with E-state index < -0.39 is 23.2 Å². The number of likely N-dealkylation sites (tertiary alicyclic amines) is 1. The first-order chi connectivity index (χ1) is 19.2. The Labute approximate surface area is 234 Å². The number of benzene rings is 1. The number of nitrogens with zero attached hydrogens (tertiary/aromatic N) is 5. The zero-order valence-electron chi connectivity index (χ0n) is 23.2. The first-order valence-electron chi connectivity index (χ1n) is 13.5. The molecule has 3 heterocycles. The van der Waals surface area contributed by atoms with Gasteiger partial charge in [0, 0.05) is 37.3 Å². The van der Waals surface area contributed by atoms with Crippen LogP contribution in [0.15, 0.2) is 36.7 Å². The van der Waals surface area contributed by atoms with Crippen LogP contribution in [0.25, 0.3) is 11.3 Å². The fourth-order valence-electron chi connectivity index (χ4n) is 6.81. The standard InChI is InChI=1S/C28H32F3N7O3/c1-26(2,3)41-25(40)36-13-18-21-19(9-27(18,21)14-36)38-24(33-4)20(23(32)39)22(35-38)16-10-34-37(12-16)11-15-6-5-7-17(8-15)28(29,30)31/h5-8,10,12,18-19,21,33H,9,11,13-14H2,1-4H3,(H2,32,39)/t18?,19-,21-,27+/m1/s1. The Morgan fingerprint density at radius 3 is 2.63 bits per heavy atom. The molecule has 41 heavy (non-hydrogen) atoms. The highest BCUT2D eigenvalue weighted by molar-refractivity contribution is 6.03. The van der Waals surface area contributed by atoms with Crippen molar-refractivity contribution in [2.45, 2.75) is 51.6 Å². The summed E-state index contributed by atoms with van der Waals surface area (Å²) in [5.41, 5.74) is 6.12. The molecule has 3 N–H and O–H groups in total. The highest BCUT2D eigenvalue weighted by Crippen LogP contribution is 2.79. The third-order valence-corrected chi connectivity index (χ3v) is 8.50. The zero-order chi connectivity index (χ0) is 29.5. The van der Waals surface area contributed by atoms with Crippen LogP contribution in [0.3, 0.4) is 0 Å². The molecule has 1 aromatic carbocycles. The van der Waals surface area contributed by atoms with Gasteiger partial charge < -0.3 is 20.7 Å². The second-order valence-electron chi connectivity index (χ2n) is 12.3. The number of carbonyl (C=O) groups excluding carboxylic acids is 2. The summed E-state index contributed by atoms with van der Waals surface area (Å²) < 4.78 is 48.3. The highest BCUT2D eigenvalue weighted by Gasteiger charge is 2.79. The Kier molecular flexibility index (Phi) is 5.95. The Balaban J connectivity index is 1.22. The van der Waals surface area contributed by atoms with Crippen LogP contribution in [-0.4, -0.2) is 62.2 Å². The first kappa shape index (κ1) is 27.2. The zero-order valence-corrected chi connectivity index (χ0v) is 23.2. The molecule has 13 heteroatoms. The minimum Gasteiger partial charge on any atom is -0.444 e. The number of primary amides is 1. The predicted octanol–water partition coefficient (Wildman–Crippen LogP) is 4.38. The summed E-state index contributed by atoms with van der Waals surface area (Å²) in [6.45, 7) is 6.93. The molecule has 1 aliphatic heterocycles. The molecule has 3 aliphatic rings. The van der Waals surface area contributed by atoms with Gasteiger partial charge in [-0.15, -0.1) is 0 Å². The van der Waals surface area contributed by atoms with Gasteiger partial charge >= 0.3 is 12.3 Å². The number of fused-ring (bicyclic) bond motifs is 1. The maximum absolute atomic E-state index is 13.1. The monoisotopic (exact) mass is 571 g/mol. The predicted molar refractivity (Wildman–Crippen MR) is 143 cm³/mol. The molecule has 3 aromatic rings. The number of nitrogens with one attached hydrogen (secondary N) is 1. The molecule has 6 rings (SSSR count). The van der Waals surface area contributed by atoms with Crippen molar-refractivity contribution in [3.05, 3.63) is 53.3 Å². The lowest BCUT2D eigenvalue weighted by Crippen LogP contribution is -2.42. The molecule has 218 valence electrons. The van der Waals surface area contributed by atoms with E-state index in [-0.39, 0.29) is 29.7 Å².